The molecule has 1 aromatic rings. The smallest absolute Gasteiger partial charge is 0.0797 e. The summed E-state index contributed by atoms with van der Waals surface area (Å²) in [6.07, 6.45) is 8.86. The third-order valence-electron chi connectivity index (χ3n) is 3.64. The van der Waals surface area contributed by atoms with Crippen molar-refractivity contribution in [1.29, 1.82) is 0 Å². The van der Waals surface area contributed by atoms with Gasteiger partial charge in [-0.25, -0.2) is 4.98 Å². The van der Waals surface area contributed by atoms with Crippen molar-refractivity contribution in [2.45, 2.75) is 50.3 Å². The summed E-state index contributed by atoms with van der Waals surface area (Å²) in [5.74, 6) is 0. The van der Waals surface area contributed by atoms with Gasteiger partial charge in [0.25, 0.3) is 0 Å². The predicted molar refractivity (Wildman–Crippen MR) is 78.1 cm³/mol. The van der Waals surface area contributed by atoms with E-state index in [0.29, 0.717) is 0 Å². The van der Waals surface area contributed by atoms with Crippen LogP contribution in [0.1, 0.15) is 36.3 Å². The van der Waals surface area contributed by atoms with Crippen LogP contribution in [0.4, 0.5) is 0 Å². The molecule has 1 fully saturated rings. The lowest BCUT2D eigenvalue weighted by Gasteiger charge is -2.28. The highest BCUT2D eigenvalue weighted by atomic mass is 32.2. The Morgan fingerprint density at radius 2 is 2.18 bits per heavy atom. The quantitative estimate of drug-likeness (QED) is 0.889. The fourth-order valence-electron chi connectivity index (χ4n) is 2.46. The molecule has 1 heterocycles. The number of nitrogens with zero attached hydrogens (tertiary/aromatic N) is 1. The SMILES string of the molecule is CSC1CCC(NCCc2scnc2C)CC1. The van der Waals surface area contributed by atoms with E-state index >= 15 is 0 Å². The van der Waals surface area contributed by atoms with E-state index in [1.165, 1.54) is 36.3 Å². The van der Waals surface area contributed by atoms with Crippen molar-refractivity contribution in [1.82, 2.24) is 10.3 Å². The molecule has 1 aliphatic carbocycles. The molecule has 0 unspecified atom stereocenters. The number of thiazole rings is 1. The van der Waals surface area contributed by atoms with Gasteiger partial charge in [0.1, 0.15) is 0 Å². The van der Waals surface area contributed by atoms with Crippen molar-refractivity contribution in [2.24, 2.45) is 0 Å². The van der Waals surface area contributed by atoms with Crippen LogP contribution in [0.5, 0.6) is 0 Å². The molecule has 0 atom stereocenters. The Morgan fingerprint density at radius 3 is 2.76 bits per heavy atom. The molecule has 2 nitrogen and oxygen atoms in total. The first-order chi connectivity index (χ1) is 8.29. The second kappa shape index (κ2) is 6.76. The standard InChI is InChI=1S/C13H22N2S2/c1-10-13(17-9-15-10)7-8-14-11-3-5-12(16-2)6-4-11/h9,11-12,14H,3-8H2,1-2H3. The first-order valence-corrected chi connectivity index (χ1v) is 8.61. The third-order valence-corrected chi connectivity index (χ3v) is 5.77. The maximum Gasteiger partial charge on any atom is 0.0797 e. The van der Waals surface area contributed by atoms with Crippen LogP contribution < -0.4 is 5.32 Å². The molecule has 4 heteroatoms. The van der Waals surface area contributed by atoms with Crippen LogP contribution in [0, 0.1) is 6.92 Å². The Morgan fingerprint density at radius 1 is 1.41 bits per heavy atom. The zero-order chi connectivity index (χ0) is 12.1. The van der Waals surface area contributed by atoms with Crippen molar-refractivity contribution in [2.75, 3.05) is 12.8 Å². The lowest BCUT2D eigenvalue weighted by Crippen LogP contribution is -2.35. The molecule has 0 saturated heterocycles. The molecule has 1 aromatic heterocycles. The van der Waals surface area contributed by atoms with Gasteiger partial charge in [-0.3, -0.25) is 0 Å². The molecule has 1 saturated carbocycles. The Bertz CT molecular complexity index is 330. The van der Waals surface area contributed by atoms with Crippen molar-refractivity contribution < 1.29 is 0 Å². The maximum atomic E-state index is 4.29. The normalized spacial score (nSPS) is 25.1. The summed E-state index contributed by atoms with van der Waals surface area (Å²) in [7, 11) is 0. The monoisotopic (exact) mass is 270 g/mol. The van der Waals surface area contributed by atoms with E-state index in [2.05, 4.69) is 23.5 Å². The highest BCUT2D eigenvalue weighted by molar-refractivity contribution is 7.99. The van der Waals surface area contributed by atoms with E-state index in [1.54, 1.807) is 11.3 Å². The van der Waals surface area contributed by atoms with Crippen LogP contribution in [0.15, 0.2) is 5.51 Å². The van der Waals surface area contributed by atoms with E-state index in [1.807, 2.05) is 17.3 Å². The lowest BCUT2D eigenvalue weighted by molar-refractivity contribution is 0.382. The number of aromatic nitrogens is 1. The van der Waals surface area contributed by atoms with Gasteiger partial charge in [0.05, 0.1) is 11.2 Å². The van der Waals surface area contributed by atoms with E-state index in [0.717, 1.165) is 24.3 Å². The highest BCUT2D eigenvalue weighted by Gasteiger charge is 2.19. The molecule has 1 aliphatic rings. The molecule has 0 aliphatic heterocycles. The van der Waals surface area contributed by atoms with Gasteiger partial charge in [0.2, 0.25) is 0 Å². The van der Waals surface area contributed by atoms with Crippen LogP contribution in [-0.2, 0) is 6.42 Å². The zero-order valence-corrected chi connectivity index (χ0v) is 12.4. The topological polar surface area (TPSA) is 24.9 Å². The van der Waals surface area contributed by atoms with Crippen LogP contribution in [0.3, 0.4) is 0 Å². The van der Waals surface area contributed by atoms with Crippen molar-refractivity contribution in [3.63, 3.8) is 0 Å². The van der Waals surface area contributed by atoms with Gasteiger partial charge in [-0.2, -0.15) is 11.8 Å². The minimum absolute atomic E-state index is 0.756. The number of nitrogens with one attached hydrogen (secondary N) is 1. The Labute approximate surface area is 113 Å². The van der Waals surface area contributed by atoms with Gasteiger partial charge >= 0.3 is 0 Å². The Hall–Kier alpha value is -0.0600. The first kappa shape index (κ1) is 13.4. The third kappa shape index (κ3) is 3.97. The van der Waals surface area contributed by atoms with Crippen LogP contribution >= 0.6 is 23.1 Å². The molecule has 0 amide bonds. The largest absolute Gasteiger partial charge is 0.314 e. The molecule has 0 aromatic carbocycles. The van der Waals surface area contributed by atoms with Crippen molar-refractivity contribution in [3.05, 3.63) is 16.1 Å². The second-order valence-corrected chi connectivity index (χ2v) is 6.85. The molecule has 17 heavy (non-hydrogen) atoms. The number of aryl methyl sites for hydroxylation is 1. The van der Waals surface area contributed by atoms with Gasteiger partial charge in [-0.15, -0.1) is 11.3 Å². The van der Waals surface area contributed by atoms with Gasteiger partial charge in [0, 0.05) is 22.7 Å². The molecule has 96 valence electrons. The van der Waals surface area contributed by atoms with Gasteiger partial charge < -0.3 is 5.32 Å². The minimum atomic E-state index is 0.756. The minimum Gasteiger partial charge on any atom is -0.314 e. The first-order valence-electron chi connectivity index (χ1n) is 6.44. The highest BCUT2D eigenvalue weighted by Crippen LogP contribution is 2.26. The number of rotatable bonds is 5. The second-order valence-electron chi connectivity index (χ2n) is 4.77. The lowest BCUT2D eigenvalue weighted by atomic mass is 9.95. The summed E-state index contributed by atoms with van der Waals surface area (Å²) in [5, 5.41) is 4.62. The molecule has 0 bridgehead atoms. The maximum absolute atomic E-state index is 4.29. The number of thioether (sulfide) groups is 1. The van der Waals surface area contributed by atoms with Crippen LogP contribution in [0.2, 0.25) is 0 Å². The van der Waals surface area contributed by atoms with E-state index in [-0.39, 0.29) is 0 Å². The number of hydrogen-bond donors (Lipinski definition) is 1. The summed E-state index contributed by atoms with van der Waals surface area (Å²) in [5.41, 5.74) is 3.16. The van der Waals surface area contributed by atoms with E-state index < -0.39 is 0 Å². The molecule has 0 radical (unpaired) electrons. The number of hydrogen-bond acceptors (Lipinski definition) is 4. The van der Waals surface area contributed by atoms with Crippen molar-refractivity contribution >= 4 is 23.1 Å². The zero-order valence-electron chi connectivity index (χ0n) is 10.7. The van der Waals surface area contributed by atoms with Crippen LogP contribution in [0.25, 0.3) is 0 Å². The van der Waals surface area contributed by atoms with Gasteiger partial charge in [-0.05, 0) is 45.3 Å². The summed E-state index contributed by atoms with van der Waals surface area (Å²) in [6.45, 7) is 3.22. The average molecular weight is 270 g/mol. The fourth-order valence-corrected chi connectivity index (χ4v) is 3.98. The molecular formula is C13H22N2S2. The molecular weight excluding hydrogens is 248 g/mol. The fraction of sp³-hybridized carbons (Fsp3) is 0.769. The summed E-state index contributed by atoms with van der Waals surface area (Å²) in [6, 6.07) is 0.756. The molecule has 2 rings (SSSR count). The summed E-state index contributed by atoms with van der Waals surface area (Å²) in [4.78, 5) is 5.73. The van der Waals surface area contributed by atoms with Gasteiger partial charge in [-0.1, -0.05) is 0 Å². The van der Waals surface area contributed by atoms with Gasteiger partial charge in [0.15, 0.2) is 0 Å². The summed E-state index contributed by atoms with van der Waals surface area (Å²) < 4.78 is 0. The van der Waals surface area contributed by atoms with Crippen LogP contribution in [-0.4, -0.2) is 29.1 Å². The molecule has 1 N–H and O–H groups in total. The Balaban J connectivity index is 1.65. The van der Waals surface area contributed by atoms with E-state index in [9.17, 15) is 0 Å². The summed E-state index contributed by atoms with van der Waals surface area (Å²) >= 11 is 3.82. The van der Waals surface area contributed by atoms with Crippen molar-refractivity contribution in [3.8, 4) is 0 Å². The van der Waals surface area contributed by atoms with E-state index in [4.69, 9.17) is 0 Å². The Kier molecular flexibility index (Phi) is 5.32. The average Bonchev–Trinajstić information content (AvgIpc) is 2.76. The predicted octanol–water partition coefficient (Wildman–Crippen LogP) is 3.26. The molecule has 0 spiro atoms.